The summed E-state index contributed by atoms with van der Waals surface area (Å²) in [6.45, 7) is 4.50. The van der Waals surface area contributed by atoms with Crippen LogP contribution in [-0.2, 0) is 42.2 Å². The van der Waals surface area contributed by atoms with Crippen molar-refractivity contribution in [2.75, 3.05) is 26.4 Å². The van der Waals surface area contributed by atoms with E-state index in [1.54, 1.807) is 0 Å². The van der Waals surface area contributed by atoms with Crippen molar-refractivity contribution in [3.05, 3.63) is 60.8 Å². The molecule has 0 saturated carbocycles. The Balaban J connectivity index is 4.74. The second-order valence-electron chi connectivity index (χ2n) is 19.4. The number of hydrogen-bond acceptors (Lipinski definition) is 10. The Morgan fingerprint density at radius 2 is 0.722 bits per heavy atom. The van der Waals surface area contributed by atoms with Crippen LogP contribution < -0.4 is 0 Å². The molecule has 11 nitrogen and oxygen atoms in total. The van der Waals surface area contributed by atoms with Crippen molar-refractivity contribution >= 4 is 25.7 Å². The quantitative estimate of drug-likeness (QED) is 0.0197. The third-order valence-electron chi connectivity index (χ3n) is 12.4. The summed E-state index contributed by atoms with van der Waals surface area (Å²) in [7, 11) is -4.75. The van der Waals surface area contributed by atoms with Gasteiger partial charge in [-0.3, -0.25) is 23.4 Å². The van der Waals surface area contributed by atoms with E-state index in [0.29, 0.717) is 19.3 Å². The Hall–Kier alpha value is -2.82. The maximum absolute atomic E-state index is 12.9. The zero-order valence-corrected chi connectivity index (χ0v) is 47.0. The number of unbranched alkanes of at least 4 members (excludes halogenated alkanes) is 27. The maximum atomic E-state index is 12.9. The zero-order chi connectivity index (χ0) is 52.7. The van der Waals surface area contributed by atoms with E-state index in [2.05, 4.69) is 81.5 Å². The second-order valence-corrected chi connectivity index (χ2v) is 20.9. The van der Waals surface area contributed by atoms with E-state index in [4.69, 9.17) is 23.3 Å². The summed E-state index contributed by atoms with van der Waals surface area (Å²) in [6.07, 6.45) is 58.9. The number of hydrogen-bond donors (Lipinski definition) is 2. The molecule has 0 aliphatic carbocycles. The van der Waals surface area contributed by atoms with Crippen LogP contribution in [-0.4, -0.2) is 66.5 Å². The van der Waals surface area contributed by atoms with Crippen molar-refractivity contribution in [2.24, 2.45) is 0 Å². The molecule has 0 aromatic rings. The average molecular weight is 1040 g/mol. The number of ether oxygens (including phenoxy) is 3. The van der Waals surface area contributed by atoms with Crippen LogP contribution in [0.4, 0.5) is 0 Å². The van der Waals surface area contributed by atoms with Gasteiger partial charge in [-0.15, -0.1) is 0 Å². The molecule has 0 saturated heterocycles. The van der Waals surface area contributed by atoms with Crippen LogP contribution in [0, 0.1) is 0 Å². The minimum Gasteiger partial charge on any atom is -0.462 e. The third kappa shape index (κ3) is 52.1. The number of carbonyl (C=O) groups is 3. The Morgan fingerprint density at radius 3 is 1.14 bits per heavy atom. The summed E-state index contributed by atoms with van der Waals surface area (Å²) in [5, 5.41) is 9.80. The number of carbonyl (C=O) groups excluding carboxylic acids is 3. The number of allylic oxidation sites excluding steroid dienone is 10. The summed E-state index contributed by atoms with van der Waals surface area (Å²) in [5.74, 6) is -1.49. The van der Waals surface area contributed by atoms with Gasteiger partial charge in [0, 0.05) is 19.3 Å². The largest absolute Gasteiger partial charge is 0.472 e. The smallest absolute Gasteiger partial charge is 0.462 e. The van der Waals surface area contributed by atoms with Crippen molar-refractivity contribution in [3.63, 3.8) is 0 Å². The number of phosphoric acid groups is 1. The fraction of sp³-hybridized carbons (Fsp3) is 0.783. The molecule has 0 bridgehead atoms. The predicted octanol–water partition coefficient (Wildman–Crippen LogP) is 17.1. The zero-order valence-electron chi connectivity index (χ0n) is 46.1. The van der Waals surface area contributed by atoms with E-state index < -0.39 is 57.8 Å². The highest BCUT2D eigenvalue weighted by Crippen LogP contribution is 2.43. The Morgan fingerprint density at radius 1 is 0.403 bits per heavy atom. The summed E-state index contributed by atoms with van der Waals surface area (Å²) in [6, 6.07) is 0. The summed E-state index contributed by atoms with van der Waals surface area (Å²) >= 11 is 0. The standard InChI is InChI=1S/C60H107O11P/c1-4-7-10-13-16-19-22-25-27-28-30-32-34-37-40-43-46-49-58(62)67-53-57(71-60(64)51-48-45-42-39-36-33-29-26-23-20-17-14-11-8-5-2)55-69-72(65,66)68-54-56(52-61)70-59(63)50-47-44-41-38-35-31-24-21-18-15-12-9-6-3/h7,10,16,19,21,24-27,29,56-57,61H,4-6,8-9,11-15,17-18,20,22-23,28,30-55H2,1-3H3,(H,65,66)/b10-7-,19-16-,24-21-,27-25-,29-26-. The van der Waals surface area contributed by atoms with Crippen LogP contribution in [0.1, 0.15) is 265 Å². The van der Waals surface area contributed by atoms with Gasteiger partial charge < -0.3 is 24.2 Å². The molecule has 2 N–H and O–H groups in total. The normalized spacial score (nSPS) is 13.8. The van der Waals surface area contributed by atoms with E-state index in [-0.39, 0.29) is 25.9 Å². The Kier molecular flexibility index (Phi) is 52.3. The molecule has 0 aliphatic rings. The SMILES string of the molecule is CC/C=C\C/C=C\C/C=C\CCCCCCCCCC(=O)OCC(COP(=O)(O)OCC(CO)OC(=O)CCCCCCC/C=C\CCCCCC)OC(=O)CCCCCCC/C=C\CCCCCCCC. The molecule has 418 valence electrons. The van der Waals surface area contributed by atoms with Crippen LogP contribution in [0.3, 0.4) is 0 Å². The molecular formula is C60H107O11P. The highest BCUT2D eigenvalue weighted by molar-refractivity contribution is 7.47. The Labute approximate surface area is 440 Å². The number of esters is 3. The number of rotatable bonds is 54. The highest BCUT2D eigenvalue weighted by Gasteiger charge is 2.28. The topological polar surface area (TPSA) is 155 Å². The number of phosphoric ester groups is 1. The van der Waals surface area contributed by atoms with Gasteiger partial charge in [-0.1, -0.05) is 204 Å². The first-order valence-electron chi connectivity index (χ1n) is 29.2. The molecule has 0 heterocycles. The summed E-state index contributed by atoms with van der Waals surface area (Å²) in [4.78, 5) is 48.5. The minimum atomic E-state index is -4.75. The van der Waals surface area contributed by atoms with Crippen molar-refractivity contribution in [3.8, 4) is 0 Å². The molecule has 0 fully saturated rings. The summed E-state index contributed by atoms with van der Waals surface area (Å²) in [5.41, 5.74) is 0. The third-order valence-corrected chi connectivity index (χ3v) is 13.3. The van der Waals surface area contributed by atoms with E-state index in [1.807, 2.05) is 0 Å². The van der Waals surface area contributed by atoms with E-state index in [9.17, 15) is 28.9 Å². The van der Waals surface area contributed by atoms with Gasteiger partial charge in [0.05, 0.1) is 19.8 Å². The first-order valence-corrected chi connectivity index (χ1v) is 30.7. The van der Waals surface area contributed by atoms with Gasteiger partial charge in [-0.05, 0) is 103 Å². The minimum absolute atomic E-state index is 0.155. The van der Waals surface area contributed by atoms with Gasteiger partial charge in [0.15, 0.2) is 6.10 Å². The average Bonchev–Trinajstić information content (AvgIpc) is 3.37. The van der Waals surface area contributed by atoms with Crippen molar-refractivity contribution in [1.29, 1.82) is 0 Å². The molecular weight excluding hydrogens is 928 g/mol. The highest BCUT2D eigenvalue weighted by atomic mass is 31.2. The fourth-order valence-corrected chi connectivity index (χ4v) is 8.73. The van der Waals surface area contributed by atoms with Gasteiger partial charge in [0.1, 0.15) is 12.7 Å². The van der Waals surface area contributed by atoms with E-state index in [1.165, 1.54) is 77.0 Å². The molecule has 72 heavy (non-hydrogen) atoms. The summed E-state index contributed by atoms with van der Waals surface area (Å²) < 4.78 is 39.5. The molecule has 3 unspecified atom stereocenters. The second kappa shape index (κ2) is 54.4. The van der Waals surface area contributed by atoms with E-state index >= 15 is 0 Å². The predicted molar refractivity (Wildman–Crippen MR) is 298 cm³/mol. The van der Waals surface area contributed by atoms with Crippen molar-refractivity contribution in [1.82, 2.24) is 0 Å². The fourth-order valence-electron chi connectivity index (χ4n) is 7.95. The monoisotopic (exact) mass is 1030 g/mol. The van der Waals surface area contributed by atoms with Crippen LogP contribution >= 0.6 is 7.82 Å². The van der Waals surface area contributed by atoms with Crippen molar-refractivity contribution < 1.29 is 52.2 Å². The molecule has 0 aromatic heterocycles. The van der Waals surface area contributed by atoms with Gasteiger partial charge in [0.25, 0.3) is 0 Å². The lowest BCUT2D eigenvalue weighted by molar-refractivity contribution is -0.161. The molecule has 0 spiro atoms. The number of aliphatic hydroxyl groups excluding tert-OH is 1. The van der Waals surface area contributed by atoms with Crippen molar-refractivity contribution in [2.45, 2.75) is 277 Å². The molecule has 0 aliphatic heterocycles. The lowest BCUT2D eigenvalue weighted by Crippen LogP contribution is -2.30. The lowest BCUT2D eigenvalue weighted by Gasteiger charge is -2.21. The molecule has 0 rings (SSSR count). The van der Waals surface area contributed by atoms with Gasteiger partial charge >= 0.3 is 25.7 Å². The van der Waals surface area contributed by atoms with Gasteiger partial charge in [0.2, 0.25) is 0 Å². The lowest BCUT2D eigenvalue weighted by atomic mass is 10.1. The van der Waals surface area contributed by atoms with Crippen LogP contribution in [0.25, 0.3) is 0 Å². The number of aliphatic hydroxyl groups is 1. The molecule has 3 atom stereocenters. The van der Waals surface area contributed by atoms with Gasteiger partial charge in [-0.2, -0.15) is 0 Å². The maximum Gasteiger partial charge on any atom is 0.472 e. The van der Waals surface area contributed by atoms with E-state index in [0.717, 1.165) is 128 Å². The Bertz CT molecular complexity index is 1440. The molecule has 0 amide bonds. The first-order chi connectivity index (χ1) is 35.2. The molecule has 0 radical (unpaired) electrons. The first kappa shape index (κ1) is 69.2. The van der Waals surface area contributed by atoms with Gasteiger partial charge in [-0.25, -0.2) is 4.57 Å². The molecule has 0 aromatic carbocycles. The van der Waals surface area contributed by atoms with Crippen LogP contribution in [0.15, 0.2) is 60.8 Å². The van der Waals surface area contributed by atoms with Crippen LogP contribution in [0.2, 0.25) is 0 Å². The molecule has 12 heteroatoms. The van der Waals surface area contributed by atoms with Crippen LogP contribution in [0.5, 0.6) is 0 Å².